The Kier molecular flexibility index (Phi) is 4.96. The minimum absolute atomic E-state index is 0.344. The summed E-state index contributed by atoms with van der Waals surface area (Å²) in [6.07, 6.45) is 4.30. The van der Waals surface area contributed by atoms with Gasteiger partial charge in [-0.3, -0.25) is 0 Å². The molecular formula is C16H19NO3. The lowest BCUT2D eigenvalue weighted by atomic mass is 10.1. The smallest absolute Gasteiger partial charge is 0.335 e. The molecule has 0 fully saturated rings. The van der Waals surface area contributed by atoms with Crippen molar-refractivity contribution in [3.8, 4) is 0 Å². The van der Waals surface area contributed by atoms with Crippen molar-refractivity contribution in [2.75, 3.05) is 13.7 Å². The van der Waals surface area contributed by atoms with E-state index in [0.29, 0.717) is 19.4 Å². The number of aromatic nitrogens is 1. The molecule has 0 saturated heterocycles. The molecule has 1 unspecified atom stereocenters. The Balaban J connectivity index is 2.08. The minimum atomic E-state index is -0.573. The fraction of sp³-hybridized carbons (Fsp3) is 0.312. The summed E-state index contributed by atoms with van der Waals surface area (Å²) < 4.78 is 10.4. The summed E-state index contributed by atoms with van der Waals surface area (Å²) in [6.45, 7) is 4.10. The summed E-state index contributed by atoms with van der Waals surface area (Å²) in [6, 6.07) is 8.05. The maximum atomic E-state index is 11.7. The van der Waals surface area contributed by atoms with Gasteiger partial charge in [-0.25, -0.2) is 4.79 Å². The quantitative estimate of drug-likeness (QED) is 0.479. The van der Waals surface area contributed by atoms with Crippen LogP contribution in [0.1, 0.15) is 12.0 Å². The molecular weight excluding hydrogens is 254 g/mol. The first kappa shape index (κ1) is 14.3. The zero-order valence-electron chi connectivity index (χ0n) is 11.6. The molecule has 1 N–H and O–H groups in total. The molecule has 4 heteroatoms. The number of H-pyrrole nitrogens is 1. The largest absolute Gasteiger partial charge is 0.467 e. The van der Waals surface area contributed by atoms with Gasteiger partial charge in [0.2, 0.25) is 0 Å². The van der Waals surface area contributed by atoms with Crippen LogP contribution in [0.15, 0.2) is 43.1 Å². The van der Waals surface area contributed by atoms with Gasteiger partial charge in [0.15, 0.2) is 6.10 Å². The third-order valence-corrected chi connectivity index (χ3v) is 3.14. The summed E-state index contributed by atoms with van der Waals surface area (Å²) in [4.78, 5) is 14.9. The van der Waals surface area contributed by atoms with E-state index in [0.717, 1.165) is 16.5 Å². The number of hydrogen-bond acceptors (Lipinski definition) is 3. The van der Waals surface area contributed by atoms with Gasteiger partial charge in [0.25, 0.3) is 0 Å². The molecule has 20 heavy (non-hydrogen) atoms. The van der Waals surface area contributed by atoms with Crippen molar-refractivity contribution in [2.45, 2.75) is 18.9 Å². The van der Waals surface area contributed by atoms with Gasteiger partial charge in [0.1, 0.15) is 0 Å². The van der Waals surface area contributed by atoms with Crippen molar-refractivity contribution in [1.29, 1.82) is 0 Å². The molecule has 0 aliphatic carbocycles. The number of carbonyl (C=O) groups is 1. The maximum absolute atomic E-state index is 11.7. The Bertz CT molecular complexity index is 588. The first-order chi connectivity index (χ1) is 9.74. The summed E-state index contributed by atoms with van der Waals surface area (Å²) in [7, 11) is 1.38. The number of methoxy groups -OCH3 is 1. The Morgan fingerprint density at radius 2 is 2.30 bits per heavy atom. The van der Waals surface area contributed by atoms with Crippen molar-refractivity contribution in [1.82, 2.24) is 4.98 Å². The average Bonchev–Trinajstić information content (AvgIpc) is 2.93. The summed E-state index contributed by atoms with van der Waals surface area (Å²) in [5.41, 5.74) is 2.13. The van der Waals surface area contributed by atoms with Gasteiger partial charge in [-0.05, 0) is 35.6 Å². The lowest BCUT2D eigenvalue weighted by Crippen LogP contribution is -2.28. The van der Waals surface area contributed by atoms with Gasteiger partial charge in [0.05, 0.1) is 13.7 Å². The first-order valence-corrected chi connectivity index (χ1v) is 6.61. The number of carbonyl (C=O) groups excluding carboxylic acids is 1. The number of benzene rings is 1. The van der Waals surface area contributed by atoms with Gasteiger partial charge < -0.3 is 14.5 Å². The minimum Gasteiger partial charge on any atom is -0.467 e. The second-order valence-electron chi connectivity index (χ2n) is 4.56. The molecule has 1 atom stereocenters. The molecule has 0 aliphatic rings. The summed E-state index contributed by atoms with van der Waals surface area (Å²) in [5, 5.41) is 1.12. The molecule has 1 aromatic carbocycles. The molecule has 0 radical (unpaired) electrons. The van der Waals surface area contributed by atoms with Crippen molar-refractivity contribution in [3.63, 3.8) is 0 Å². The van der Waals surface area contributed by atoms with Gasteiger partial charge in [0, 0.05) is 18.1 Å². The van der Waals surface area contributed by atoms with Crippen LogP contribution in [0.5, 0.6) is 0 Å². The molecule has 0 amide bonds. The van der Waals surface area contributed by atoms with Crippen molar-refractivity contribution in [2.24, 2.45) is 0 Å². The van der Waals surface area contributed by atoms with Gasteiger partial charge in [-0.2, -0.15) is 0 Å². The highest BCUT2D eigenvalue weighted by molar-refractivity contribution is 5.80. The molecule has 4 nitrogen and oxygen atoms in total. The Morgan fingerprint density at radius 3 is 3.05 bits per heavy atom. The summed E-state index contributed by atoms with van der Waals surface area (Å²) >= 11 is 0. The first-order valence-electron chi connectivity index (χ1n) is 6.61. The molecule has 0 saturated carbocycles. The van der Waals surface area contributed by atoms with Crippen molar-refractivity contribution in [3.05, 3.63) is 48.7 Å². The number of ether oxygens (including phenoxy) is 2. The molecule has 0 spiro atoms. The van der Waals surface area contributed by atoms with Crippen LogP contribution in [-0.4, -0.2) is 30.8 Å². The van der Waals surface area contributed by atoms with E-state index in [1.807, 2.05) is 24.4 Å². The average molecular weight is 273 g/mol. The maximum Gasteiger partial charge on any atom is 0.335 e. The molecule has 1 aromatic heterocycles. The van der Waals surface area contributed by atoms with E-state index in [1.165, 1.54) is 7.11 Å². The van der Waals surface area contributed by atoms with Crippen LogP contribution in [-0.2, 0) is 20.7 Å². The van der Waals surface area contributed by atoms with E-state index >= 15 is 0 Å². The summed E-state index contributed by atoms with van der Waals surface area (Å²) in [5.74, 6) is -0.344. The van der Waals surface area contributed by atoms with Crippen LogP contribution in [0, 0.1) is 0 Å². The van der Waals surface area contributed by atoms with E-state index in [2.05, 4.69) is 17.6 Å². The number of esters is 1. The normalized spacial score (nSPS) is 12.2. The fourth-order valence-corrected chi connectivity index (χ4v) is 2.08. The zero-order valence-corrected chi connectivity index (χ0v) is 11.6. The highest BCUT2D eigenvalue weighted by atomic mass is 16.6. The highest BCUT2D eigenvalue weighted by Crippen LogP contribution is 2.16. The van der Waals surface area contributed by atoms with Gasteiger partial charge in [-0.1, -0.05) is 12.1 Å². The fourth-order valence-electron chi connectivity index (χ4n) is 2.08. The molecule has 2 aromatic rings. The predicted octanol–water partition coefficient (Wildman–Crippen LogP) is 2.84. The molecule has 2 rings (SSSR count). The van der Waals surface area contributed by atoms with Crippen LogP contribution in [0.4, 0.5) is 0 Å². The lowest BCUT2D eigenvalue weighted by Gasteiger charge is -2.15. The third kappa shape index (κ3) is 3.48. The van der Waals surface area contributed by atoms with E-state index < -0.39 is 6.10 Å². The molecule has 0 aliphatic heterocycles. The van der Waals surface area contributed by atoms with E-state index in [4.69, 9.17) is 9.47 Å². The SMILES string of the molecule is C=CCCOC(Cc1ccc2[nH]ccc2c1)C(=O)OC. The number of nitrogens with one attached hydrogen (secondary N) is 1. The monoisotopic (exact) mass is 273 g/mol. The molecule has 106 valence electrons. The van der Waals surface area contributed by atoms with Crippen molar-refractivity contribution >= 4 is 16.9 Å². The predicted molar refractivity (Wildman–Crippen MR) is 78.6 cm³/mol. The number of aromatic amines is 1. The third-order valence-electron chi connectivity index (χ3n) is 3.14. The van der Waals surface area contributed by atoms with Crippen LogP contribution in [0.25, 0.3) is 10.9 Å². The lowest BCUT2D eigenvalue weighted by molar-refractivity contribution is -0.153. The van der Waals surface area contributed by atoms with Crippen LogP contribution >= 0.6 is 0 Å². The second-order valence-corrected chi connectivity index (χ2v) is 4.56. The van der Waals surface area contributed by atoms with Crippen LogP contribution in [0.2, 0.25) is 0 Å². The van der Waals surface area contributed by atoms with Crippen molar-refractivity contribution < 1.29 is 14.3 Å². The topological polar surface area (TPSA) is 51.3 Å². The Labute approximate surface area is 118 Å². The van der Waals surface area contributed by atoms with Crippen LogP contribution in [0.3, 0.4) is 0 Å². The Hall–Kier alpha value is -2.07. The second kappa shape index (κ2) is 6.91. The Morgan fingerprint density at radius 1 is 1.45 bits per heavy atom. The molecule has 0 bridgehead atoms. The number of rotatable bonds is 7. The highest BCUT2D eigenvalue weighted by Gasteiger charge is 2.20. The van der Waals surface area contributed by atoms with Gasteiger partial charge >= 0.3 is 5.97 Å². The molecule has 1 heterocycles. The van der Waals surface area contributed by atoms with E-state index in [-0.39, 0.29) is 5.97 Å². The van der Waals surface area contributed by atoms with Crippen LogP contribution < -0.4 is 0 Å². The zero-order chi connectivity index (χ0) is 14.4. The van der Waals surface area contributed by atoms with E-state index in [1.54, 1.807) is 6.08 Å². The number of fused-ring (bicyclic) bond motifs is 1. The van der Waals surface area contributed by atoms with Gasteiger partial charge in [-0.15, -0.1) is 6.58 Å². The standard InChI is InChI=1S/C16H19NO3/c1-3-4-9-20-15(16(18)19-2)11-12-5-6-14-13(10-12)7-8-17-14/h3,5-8,10,15,17H,1,4,9,11H2,2H3. The number of hydrogen-bond donors (Lipinski definition) is 1. The van der Waals surface area contributed by atoms with E-state index in [9.17, 15) is 4.79 Å².